The Morgan fingerprint density at radius 1 is 1.37 bits per heavy atom. The van der Waals surface area contributed by atoms with Gasteiger partial charge >= 0.3 is 0 Å². The molecule has 0 spiro atoms. The number of carbonyl (C=O) groups excluding carboxylic acids is 1. The summed E-state index contributed by atoms with van der Waals surface area (Å²) in [5.74, 6) is 1.12. The number of carbonyl (C=O) groups is 1. The number of hydrogen-bond donors (Lipinski definition) is 1. The minimum absolute atomic E-state index is 0.0658. The number of piperazine rings is 1. The van der Waals surface area contributed by atoms with Gasteiger partial charge in [-0.2, -0.15) is 0 Å². The van der Waals surface area contributed by atoms with Gasteiger partial charge in [0.15, 0.2) is 0 Å². The highest BCUT2D eigenvalue weighted by Gasteiger charge is 2.19. The van der Waals surface area contributed by atoms with Gasteiger partial charge in [0.05, 0.1) is 0 Å². The molecule has 1 amide bonds. The van der Waals surface area contributed by atoms with Crippen LogP contribution in [0.4, 0.5) is 5.82 Å². The lowest BCUT2D eigenvalue weighted by Gasteiger charge is -2.35. The first-order chi connectivity index (χ1) is 9.11. The highest BCUT2D eigenvalue weighted by atomic mass is 16.2. The van der Waals surface area contributed by atoms with E-state index in [0.717, 1.165) is 44.0 Å². The molecule has 0 aliphatic carbocycles. The van der Waals surface area contributed by atoms with Crippen LogP contribution in [0.25, 0.3) is 0 Å². The minimum Gasteiger partial charge on any atom is -0.353 e. The number of anilines is 1. The molecule has 0 aromatic carbocycles. The summed E-state index contributed by atoms with van der Waals surface area (Å²) in [7, 11) is 0. The predicted molar refractivity (Wildman–Crippen MR) is 75.9 cm³/mol. The highest BCUT2D eigenvalue weighted by Crippen LogP contribution is 2.18. The smallest absolute Gasteiger partial charge is 0.219 e. The van der Waals surface area contributed by atoms with Crippen LogP contribution in [0.3, 0.4) is 0 Å². The van der Waals surface area contributed by atoms with Crippen molar-refractivity contribution in [1.82, 2.24) is 9.88 Å². The first-order valence-electron chi connectivity index (χ1n) is 6.83. The van der Waals surface area contributed by atoms with Gasteiger partial charge in [-0.05, 0) is 18.1 Å². The van der Waals surface area contributed by atoms with Crippen LogP contribution in [-0.2, 0) is 4.79 Å². The second kappa shape index (κ2) is 6.02. The largest absolute Gasteiger partial charge is 0.353 e. The first-order valence-corrected chi connectivity index (χ1v) is 6.83. The summed E-state index contributed by atoms with van der Waals surface area (Å²) in [6, 6.07) is 4.14. The van der Waals surface area contributed by atoms with Gasteiger partial charge in [0, 0.05) is 45.3 Å². The van der Waals surface area contributed by atoms with E-state index < -0.39 is 0 Å². The van der Waals surface area contributed by atoms with Gasteiger partial charge in [-0.15, -0.1) is 0 Å². The summed E-state index contributed by atoms with van der Waals surface area (Å²) in [6.45, 7) is 6.91. The molecular formula is C14H22N4O. The zero-order valence-corrected chi connectivity index (χ0v) is 11.7. The molecule has 1 aromatic heterocycles. The van der Waals surface area contributed by atoms with Crippen molar-refractivity contribution in [2.75, 3.05) is 31.1 Å². The Bertz CT molecular complexity index is 424. The van der Waals surface area contributed by atoms with E-state index in [4.69, 9.17) is 5.73 Å². The third-order valence-electron chi connectivity index (χ3n) is 3.69. The van der Waals surface area contributed by atoms with E-state index in [-0.39, 0.29) is 11.9 Å². The lowest BCUT2D eigenvalue weighted by Crippen LogP contribution is -2.48. The molecule has 0 unspecified atom stereocenters. The fourth-order valence-electron chi connectivity index (χ4n) is 2.29. The number of nitrogens with two attached hydrogens (primary N) is 1. The Balaban J connectivity index is 1.98. The third kappa shape index (κ3) is 3.23. The number of rotatable bonds is 3. The Morgan fingerprint density at radius 3 is 2.53 bits per heavy atom. The van der Waals surface area contributed by atoms with Crippen LogP contribution in [0.15, 0.2) is 18.3 Å². The van der Waals surface area contributed by atoms with Crippen LogP contribution in [-0.4, -0.2) is 42.0 Å². The number of amides is 1. The Labute approximate surface area is 114 Å². The van der Waals surface area contributed by atoms with Crippen molar-refractivity contribution in [2.24, 2.45) is 5.73 Å². The van der Waals surface area contributed by atoms with Crippen LogP contribution in [0.2, 0.25) is 0 Å². The van der Waals surface area contributed by atoms with E-state index in [0.29, 0.717) is 0 Å². The fraction of sp³-hybridized carbons (Fsp3) is 0.571. The maximum absolute atomic E-state index is 11.3. The molecule has 2 N–H and O–H groups in total. The van der Waals surface area contributed by atoms with Gasteiger partial charge in [0.1, 0.15) is 5.82 Å². The third-order valence-corrected chi connectivity index (χ3v) is 3.69. The van der Waals surface area contributed by atoms with Crippen LogP contribution in [0, 0.1) is 0 Å². The number of aromatic nitrogens is 1. The van der Waals surface area contributed by atoms with Crippen molar-refractivity contribution in [2.45, 2.75) is 26.3 Å². The molecule has 0 radical (unpaired) electrons. The summed E-state index contributed by atoms with van der Waals surface area (Å²) in [4.78, 5) is 19.8. The summed E-state index contributed by atoms with van der Waals surface area (Å²) in [6.07, 6.45) is 2.78. The van der Waals surface area contributed by atoms with Crippen LogP contribution in [0.1, 0.15) is 31.9 Å². The summed E-state index contributed by atoms with van der Waals surface area (Å²) in [5, 5.41) is 0. The second-order valence-electron chi connectivity index (χ2n) is 4.96. The van der Waals surface area contributed by atoms with E-state index in [1.54, 1.807) is 6.92 Å². The van der Waals surface area contributed by atoms with E-state index in [1.807, 2.05) is 23.2 Å². The van der Waals surface area contributed by atoms with Gasteiger partial charge in [-0.3, -0.25) is 4.79 Å². The van der Waals surface area contributed by atoms with Crippen molar-refractivity contribution in [3.05, 3.63) is 23.9 Å². The quantitative estimate of drug-likeness (QED) is 0.888. The monoisotopic (exact) mass is 262 g/mol. The summed E-state index contributed by atoms with van der Waals surface area (Å²) < 4.78 is 0. The fourth-order valence-corrected chi connectivity index (χ4v) is 2.29. The molecule has 104 valence electrons. The van der Waals surface area contributed by atoms with Crippen molar-refractivity contribution in [3.63, 3.8) is 0 Å². The average Bonchev–Trinajstić information content (AvgIpc) is 2.46. The zero-order valence-electron chi connectivity index (χ0n) is 11.7. The lowest BCUT2D eigenvalue weighted by atomic mass is 10.1. The SMILES string of the molecule is CC[C@H](N)c1ccc(N2CCN(C(C)=O)CC2)nc1. The molecule has 19 heavy (non-hydrogen) atoms. The standard InChI is InChI=1S/C14H22N4O/c1-3-13(15)12-4-5-14(16-10-12)18-8-6-17(7-9-18)11(2)19/h4-5,10,13H,3,6-9,15H2,1-2H3/t13-/m0/s1. The Kier molecular flexibility index (Phi) is 4.37. The van der Waals surface area contributed by atoms with E-state index in [2.05, 4.69) is 16.8 Å². The molecule has 2 heterocycles. The minimum atomic E-state index is 0.0658. The van der Waals surface area contributed by atoms with Crippen molar-refractivity contribution < 1.29 is 4.79 Å². The highest BCUT2D eigenvalue weighted by molar-refractivity contribution is 5.73. The molecule has 1 fully saturated rings. The van der Waals surface area contributed by atoms with Gasteiger partial charge in [-0.25, -0.2) is 4.98 Å². The van der Waals surface area contributed by atoms with Crippen molar-refractivity contribution in [3.8, 4) is 0 Å². The molecule has 1 aromatic rings. The number of hydrogen-bond acceptors (Lipinski definition) is 4. The second-order valence-corrected chi connectivity index (χ2v) is 4.96. The maximum atomic E-state index is 11.3. The summed E-state index contributed by atoms with van der Waals surface area (Å²) >= 11 is 0. The topological polar surface area (TPSA) is 62.5 Å². The normalized spacial score (nSPS) is 17.4. The zero-order chi connectivity index (χ0) is 13.8. The van der Waals surface area contributed by atoms with E-state index in [1.165, 1.54) is 0 Å². The van der Waals surface area contributed by atoms with Gasteiger partial charge in [0.2, 0.25) is 5.91 Å². The summed E-state index contributed by atoms with van der Waals surface area (Å²) in [5.41, 5.74) is 7.05. The number of nitrogens with zero attached hydrogens (tertiary/aromatic N) is 3. The molecule has 1 aliphatic rings. The van der Waals surface area contributed by atoms with E-state index >= 15 is 0 Å². The van der Waals surface area contributed by atoms with Crippen molar-refractivity contribution in [1.29, 1.82) is 0 Å². The molecule has 1 aliphatic heterocycles. The maximum Gasteiger partial charge on any atom is 0.219 e. The van der Waals surface area contributed by atoms with Crippen LogP contribution < -0.4 is 10.6 Å². The lowest BCUT2D eigenvalue weighted by molar-refractivity contribution is -0.129. The van der Waals surface area contributed by atoms with Crippen LogP contribution in [0.5, 0.6) is 0 Å². The van der Waals surface area contributed by atoms with Crippen molar-refractivity contribution >= 4 is 11.7 Å². The molecule has 1 atom stereocenters. The molecular weight excluding hydrogens is 240 g/mol. The molecule has 1 saturated heterocycles. The first kappa shape index (κ1) is 13.8. The average molecular weight is 262 g/mol. The van der Waals surface area contributed by atoms with Gasteiger partial charge in [0.25, 0.3) is 0 Å². The Hall–Kier alpha value is -1.62. The van der Waals surface area contributed by atoms with Crippen LogP contribution >= 0.6 is 0 Å². The van der Waals surface area contributed by atoms with E-state index in [9.17, 15) is 4.79 Å². The number of pyridine rings is 1. The van der Waals surface area contributed by atoms with Gasteiger partial charge in [-0.1, -0.05) is 13.0 Å². The van der Waals surface area contributed by atoms with Gasteiger partial charge < -0.3 is 15.5 Å². The molecule has 0 saturated carbocycles. The molecule has 5 heteroatoms. The molecule has 5 nitrogen and oxygen atoms in total. The predicted octanol–water partition coefficient (Wildman–Crippen LogP) is 1.16. The molecule has 2 rings (SSSR count). The Morgan fingerprint density at radius 2 is 2.05 bits per heavy atom. The molecule has 0 bridgehead atoms.